The average molecular weight is 477 g/mol. The summed E-state index contributed by atoms with van der Waals surface area (Å²) in [6, 6.07) is 2.65. The van der Waals surface area contributed by atoms with Crippen LogP contribution in [-0.2, 0) is 4.79 Å². The Morgan fingerprint density at radius 1 is 1.29 bits per heavy atom. The summed E-state index contributed by atoms with van der Waals surface area (Å²) in [7, 11) is 2.80. The van der Waals surface area contributed by atoms with E-state index in [1.807, 2.05) is 0 Å². The number of nitrogen functional groups attached to an aromatic ring is 1. The number of methoxy groups -OCH3 is 2. The molecule has 180 valence electrons. The summed E-state index contributed by atoms with van der Waals surface area (Å²) >= 11 is 0. The molecule has 0 spiro atoms. The Morgan fingerprint density at radius 3 is 2.71 bits per heavy atom. The molecule has 3 aromatic rings. The van der Waals surface area contributed by atoms with Gasteiger partial charge >= 0.3 is 0 Å². The number of anilines is 1. The third-order valence-electron chi connectivity index (χ3n) is 5.91. The van der Waals surface area contributed by atoms with Crippen LogP contribution in [-0.4, -0.2) is 58.7 Å². The summed E-state index contributed by atoms with van der Waals surface area (Å²) < 4.78 is 26.8. The maximum absolute atomic E-state index is 14.8. The van der Waals surface area contributed by atoms with Gasteiger partial charge in [0.05, 0.1) is 42.3 Å². The molecule has 35 heavy (non-hydrogen) atoms. The van der Waals surface area contributed by atoms with Crippen LogP contribution in [0.2, 0.25) is 0 Å². The van der Waals surface area contributed by atoms with E-state index in [0.29, 0.717) is 41.7 Å². The molecule has 0 radical (unpaired) electrons. The number of halogens is 1. The lowest BCUT2D eigenvalue weighted by molar-refractivity contribution is -0.125. The molecule has 1 atom stereocenters. The predicted octanol–water partition coefficient (Wildman–Crippen LogP) is 2.73. The molecule has 3 heterocycles. The van der Waals surface area contributed by atoms with Crippen LogP contribution >= 0.6 is 0 Å². The molecule has 1 aliphatic rings. The van der Waals surface area contributed by atoms with E-state index in [-0.39, 0.29) is 40.6 Å². The van der Waals surface area contributed by atoms with Gasteiger partial charge in [0, 0.05) is 25.4 Å². The Balaban J connectivity index is 1.89. The number of aromatic nitrogens is 3. The van der Waals surface area contributed by atoms with E-state index in [1.165, 1.54) is 45.5 Å². The van der Waals surface area contributed by atoms with Crippen LogP contribution in [0.4, 0.5) is 10.2 Å². The van der Waals surface area contributed by atoms with E-state index in [9.17, 15) is 14.0 Å². The van der Waals surface area contributed by atoms with Gasteiger partial charge in [-0.15, -0.1) is 0 Å². The van der Waals surface area contributed by atoms with Crippen molar-refractivity contribution in [2.24, 2.45) is 0 Å². The molecular weight excluding hydrogens is 453 g/mol. The quantitative estimate of drug-likeness (QED) is 0.342. The van der Waals surface area contributed by atoms with E-state index in [0.717, 1.165) is 0 Å². The molecule has 1 unspecified atom stereocenters. The molecule has 4 rings (SSSR count). The molecule has 10 heteroatoms. The maximum Gasteiger partial charge on any atom is 0.246 e. The van der Waals surface area contributed by atoms with Gasteiger partial charge in [-0.3, -0.25) is 14.3 Å². The number of hydrogen-bond donors (Lipinski definition) is 1. The standard InChI is InChI=1S/C25H24FN5O4/c1-5-21(33)30-9-8-16(13-30)31-24-18(14(2)32)12-28-25(27)22(24)19(29-31)7-6-15-10-17(34-3)11-20(35-4)23(15)26/h5,10-12,16H,1,8-9,13H2,2-4H3,(H2,27,28). The van der Waals surface area contributed by atoms with Gasteiger partial charge in [0.25, 0.3) is 0 Å². The molecule has 0 saturated carbocycles. The summed E-state index contributed by atoms with van der Waals surface area (Å²) in [5.41, 5.74) is 7.29. The van der Waals surface area contributed by atoms with Gasteiger partial charge < -0.3 is 20.1 Å². The predicted molar refractivity (Wildman–Crippen MR) is 128 cm³/mol. The van der Waals surface area contributed by atoms with Crippen molar-refractivity contribution in [1.82, 2.24) is 19.7 Å². The second-order valence-corrected chi connectivity index (χ2v) is 8.00. The Morgan fingerprint density at radius 2 is 2.06 bits per heavy atom. The number of pyridine rings is 1. The minimum Gasteiger partial charge on any atom is -0.497 e. The lowest BCUT2D eigenvalue weighted by atomic mass is 10.1. The number of Topliss-reactive ketones (excluding diaryl/α,β-unsaturated/α-hetero) is 1. The van der Waals surface area contributed by atoms with Crippen LogP contribution in [0.1, 0.15) is 41.0 Å². The zero-order chi connectivity index (χ0) is 25.3. The molecule has 0 bridgehead atoms. The lowest BCUT2D eigenvalue weighted by Gasteiger charge is -2.16. The normalized spacial score (nSPS) is 15.0. The van der Waals surface area contributed by atoms with Crippen LogP contribution in [0.5, 0.6) is 11.5 Å². The highest BCUT2D eigenvalue weighted by Gasteiger charge is 2.30. The highest BCUT2D eigenvalue weighted by atomic mass is 19.1. The first-order chi connectivity index (χ1) is 16.8. The van der Waals surface area contributed by atoms with Gasteiger partial charge in [-0.05, 0) is 31.4 Å². The molecule has 1 amide bonds. The van der Waals surface area contributed by atoms with Crippen LogP contribution in [0, 0.1) is 17.7 Å². The van der Waals surface area contributed by atoms with Gasteiger partial charge in [-0.1, -0.05) is 12.5 Å². The van der Waals surface area contributed by atoms with Crippen LogP contribution in [0.3, 0.4) is 0 Å². The molecule has 9 nitrogen and oxygen atoms in total. The number of amides is 1. The van der Waals surface area contributed by atoms with Crippen molar-refractivity contribution in [3.63, 3.8) is 0 Å². The molecule has 1 aliphatic heterocycles. The highest BCUT2D eigenvalue weighted by Crippen LogP contribution is 2.32. The Labute approximate surface area is 201 Å². The largest absolute Gasteiger partial charge is 0.497 e. The van der Waals surface area contributed by atoms with Crippen molar-refractivity contribution in [1.29, 1.82) is 0 Å². The van der Waals surface area contributed by atoms with Crippen molar-refractivity contribution < 1.29 is 23.5 Å². The number of hydrogen-bond acceptors (Lipinski definition) is 7. The Kier molecular flexibility index (Phi) is 6.42. The number of benzene rings is 1. The first kappa shape index (κ1) is 23.8. The summed E-state index contributed by atoms with van der Waals surface area (Å²) in [6.07, 6.45) is 3.29. The van der Waals surface area contributed by atoms with Crippen molar-refractivity contribution >= 4 is 28.4 Å². The Bertz CT molecular complexity index is 1420. The molecular formula is C25H24FN5O4. The maximum atomic E-state index is 14.8. The van der Waals surface area contributed by atoms with Crippen LogP contribution in [0.15, 0.2) is 31.0 Å². The third kappa shape index (κ3) is 4.28. The topological polar surface area (TPSA) is 113 Å². The molecule has 2 N–H and O–H groups in total. The van der Waals surface area contributed by atoms with Gasteiger partial charge in [0.1, 0.15) is 17.3 Å². The highest BCUT2D eigenvalue weighted by molar-refractivity contribution is 6.09. The molecule has 2 aromatic heterocycles. The van der Waals surface area contributed by atoms with Gasteiger partial charge in [0.15, 0.2) is 17.3 Å². The molecule has 0 aliphatic carbocycles. The number of fused-ring (bicyclic) bond motifs is 1. The fourth-order valence-corrected chi connectivity index (χ4v) is 4.13. The number of nitrogens with two attached hydrogens (primary N) is 1. The van der Waals surface area contributed by atoms with Gasteiger partial charge in [-0.2, -0.15) is 5.10 Å². The smallest absolute Gasteiger partial charge is 0.246 e. The van der Waals surface area contributed by atoms with Gasteiger partial charge in [-0.25, -0.2) is 9.37 Å². The first-order valence-corrected chi connectivity index (χ1v) is 10.8. The van der Waals surface area contributed by atoms with E-state index in [2.05, 4.69) is 28.5 Å². The second kappa shape index (κ2) is 9.46. The fourth-order valence-electron chi connectivity index (χ4n) is 4.13. The zero-order valence-corrected chi connectivity index (χ0v) is 19.6. The van der Waals surface area contributed by atoms with E-state index < -0.39 is 5.82 Å². The third-order valence-corrected chi connectivity index (χ3v) is 5.91. The van der Waals surface area contributed by atoms with Crippen molar-refractivity contribution in [2.75, 3.05) is 33.0 Å². The lowest BCUT2D eigenvalue weighted by Crippen LogP contribution is -2.27. The fraction of sp³-hybridized carbons (Fsp3) is 0.280. The van der Waals surface area contributed by atoms with Crippen molar-refractivity contribution in [3.8, 4) is 23.3 Å². The van der Waals surface area contributed by atoms with Crippen LogP contribution in [0.25, 0.3) is 10.9 Å². The summed E-state index contributed by atoms with van der Waals surface area (Å²) in [6.45, 7) is 5.87. The zero-order valence-electron chi connectivity index (χ0n) is 19.6. The molecule has 1 saturated heterocycles. The average Bonchev–Trinajstić information content (AvgIpc) is 3.48. The number of rotatable bonds is 5. The minimum atomic E-state index is -0.644. The number of ketones is 1. The second-order valence-electron chi connectivity index (χ2n) is 8.00. The number of likely N-dealkylation sites (tertiary alicyclic amines) is 1. The van der Waals surface area contributed by atoms with Gasteiger partial charge in [0.2, 0.25) is 5.91 Å². The molecule has 1 fully saturated rings. The van der Waals surface area contributed by atoms with Crippen LogP contribution < -0.4 is 15.2 Å². The van der Waals surface area contributed by atoms with E-state index >= 15 is 0 Å². The number of ether oxygens (including phenoxy) is 2. The monoisotopic (exact) mass is 477 g/mol. The molecule has 1 aromatic carbocycles. The number of carbonyl (C=O) groups excluding carboxylic acids is 2. The number of carbonyl (C=O) groups is 2. The SMILES string of the molecule is C=CC(=O)N1CCC(n2nc(C#Cc3cc(OC)cc(OC)c3F)c3c(N)ncc(C(C)=O)c32)C1. The first-order valence-electron chi connectivity index (χ1n) is 10.8. The summed E-state index contributed by atoms with van der Waals surface area (Å²) in [5, 5.41) is 5.04. The summed E-state index contributed by atoms with van der Waals surface area (Å²) in [5.74, 6) is 5.12. The van der Waals surface area contributed by atoms with Crippen molar-refractivity contribution in [2.45, 2.75) is 19.4 Å². The number of nitrogens with zero attached hydrogens (tertiary/aromatic N) is 4. The summed E-state index contributed by atoms with van der Waals surface area (Å²) in [4.78, 5) is 30.3. The van der Waals surface area contributed by atoms with E-state index in [1.54, 1.807) is 9.58 Å². The van der Waals surface area contributed by atoms with Crippen molar-refractivity contribution in [3.05, 3.63) is 53.6 Å². The van der Waals surface area contributed by atoms with E-state index in [4.69, 9.17) is 15.2 Å². The Hall–Kier alpha value is -4.39. The minimum absolute atomic E-state index is 0.0120.